The molecule has 0 unspecified atom stereocenters. The molecule has 2 heterocycles. The number of hydrogen-bond acceptors (Lipinski definition) is 5. The van der Waals surface area contributed by atoms with Crippen LogP contribution < -0.4 is 10.6 Å². The van der Waals surface area contributed by atoms with Crippen molar-refractivity contribution in [1.29, 1.82) is 0 Å². The largest absolute Gasteiger partial charge is 0.478 e. The predicted molar refractivity (Wildman–Crippen MR) is 102 cm³/mol. The van der Waals surface area contributed by atoms with Crippen molar-refractivity contribution in [2.45, 2.75) is 13.5 Å². The number of nitrogens with zero attached hydrogens (tertiary/aromatic N) is 2. The lowest BCUT2D eigenvalue weighted by atomic mass is 10.1. The van der Waals surface area contributed by atoms with Crippen LogP contribution in [0.25, 0.3) is 0 Å². The topological polar surface area (TPSA) is 104 Å². The number of para-hydroxylation sites is 1. The number of nitrogens with one attached hydrogen (secondary N) is 2. The van der Waals surface area contributed by atoms with E-state index in [9.17, 15) is 14.7 Å². The highest BCUT2D eigenvalue weighted by atomic mass is 16.4. The molecule has 0 fully saturated rings. The fourth-order valence-corrected chi connectivity index (χ4v) is 2.61. The number of aromatic nitrogens is 2. The molecule has 0 radical (unpaired) electrons. The summed E-state index contributed by atoms with van der Waals surface area (Å²) in [5.74, 6) is -1.12. The maximum absolute atomic E-state index is 12.8. The molecule has 27 heavy (non-hydrogen) atoms. The van der Waals surface area contributed by atoms with Crippen LogP contribution in [-0.4, -0.2) is 27.0 Å². The third kappa shape index (κ3) is 4.27. The first kappa shape index (κ1) is 18.1. The Morgan fingerprint density at radius 2 is 1.74 bits per heavy atom. The second kappa shape index (κ2) is 8.09. The summed E-state index contributed by atoms with van der Waals surface area (Å²) >= 11 is 0. The van der Waals surface area contributed by atoms with Crippen LogP contribution >= 0.6 is 0 Å². The monoisotopic (exact) mass is 362 g/mol. The van der Waals surface area contributed by atoms with Crippen molar-refractivity contribution in [3.8, 4) is 0 Å². The summed E-state index contributed by atoms with van der Waals surface area (Å²) < 4.78 is 0. The number of carbonyl (C=O) groups is 2. The highest BCUT2D eigenvalue weighted by Gasteiger charge is 2.18. The predicted octanol–water partition coefficient (Wildman–Crippen LogP) is 3.35. The van der Waals surface area contributed by atoms with Gasteiger partial charge in [0.05, 0.1) is 16.8 Å². The molecule has 0 atom stereocenters. The second-order valence-corrected chi connectivity index (χ2v) is 5.87. The number of hydrogen-bond donors (Lipinski definition) is 3. The van der Waals surface area contributed by atoms with E-state index in [0.717, 1.165) is 5.56 Å². The van der Waals surface area contributed by atoms with Crippen LogP contribution in [0.5, 0.6) is 0 Å². The van der Waals surface area contributed by atoms with Crippen LogP contribution in [0.2, 0.25) is 0 Å². The molecule has 1 aromatic carbocycles. The average molecular weight is 362 g/mol. The van der Waals surface area contributed by atoms with Crippen LogP contribution in [0.1, 0.15) is 31.8 Å². The number of rotatable bonds is 6. The van der Waals surface area contributed by atoms with E-state index in [1.807, 2.05) is 12.1 Å². The molecule has 0 aliphatic rings. The third-order valence-electron chi connectivity index (χ3n) is 4.00. The van der Waals surface area contributed by atoms with Gasteiger partial charge in [0, 0.05) is 25.1 Å². The van der Waals surface area contributed by atoms with Crippen LogP contribution in [0.4, 0.5) is 11.5 Å². The minimum atomic E-state index is -1.10. The normalized spacial score (nSPS) is 10.3. The second-order valence-electron chi connectivity index (χ2n) is 5.87. The van der Waals surface area contributed by atoms with E-state index < -0.39 is 11.9 Å². The summed E-state index contributed by atoms with van der Waals surface area (Å²) in [5.41, 5.74) is 2.30. The number of pyridine rings is 2. The molecule has 7 nitrogen and oxygen atoms in total. The molecule has 0 bridgehead atoms. The van der Waals surface area contributed by atoms with Gasteiger partial charge in [0.15, 0.2) is 0 Å². The Bertz CT molecular complexity index is 974. The van der Waals surface area contributed by atoms with Gasteiger partial charge < -0.3 is 15.7 Å². The van der Waals surface area contributed by atoms with Gasteiger partial charge in [-0.25, -0.2) is 9.78 Å². The van der Waals surface area contributed by atoms with E-state index in [1.165, 1.54) is 6.07 Å². The van der Waals surface area contributed by atoms with Crippen molar-refractivity contribution >= 4 is 23.4 Å². The van der Waals surface area contributed by atoms with E-state index in [0.29, 0.717) is 23.5 Å². The molecule has 2 aromatic heterocycles. The van der Waals surface area contributed by atoms with Gasteiger partial charge >= 0.3 is 5.97 Å². The van der Waals surface area contributed by atoms with Gasteiger partial charge in [-0.2, -0.15) is 0 Å². The average Bonchev–Trinajstić information content (AvgIpc) is 2.68. The Hall–Kier alpha value is -3.74. The Morgan fingerprint density at radius 1 is 1.00 bits per heavy atom. The molecule has 136 valence electrons. The van der Waals surface area contributed by atoms with E-state index in [2.05, 4.69) is 20.6 Å². The molecule has 0 aliphatic heterocycles. The number of benzene rings is 1. The Balaban J connectivity index is 1.83. The first-order chi connectivity index (χ1) is 13.1. The van der Waals surface area contributed by atoms with Crippen LogP contribution in [0.3, 0.4) is 0 Å². The Kier molecular flexibility index (Phi) is 5.41. The zero-order valence-electron chi connectivity index (χ0n) is 14.6. The SMILES string of the molecule is Cc1cccc(C(=O)O)c1NC(=O)c1cccnc1NCc1ccncc1. The Morgan fingerprint density at radius 3 is 2.48 bits per heavy atom. The van der Waals surface area contributed by atoms with Crippen LogP contribution in [-0.2, 0) is 6.54 Å². The fraction of sp³-hybridized carbons (Fsp3) is 0.100. The lowest BCUT2D eigenvalue weighted by Gasteiger charge is -2.14. The zero-order valence-corrected chi connectivity index (χ0v) is 14.6. The quantitative estimate of drug-likeness (QED) is 0.621. The molecule has 0 saturated carbocycles. The van der Waals surface area contributed by atoms with Crippen LogP contribution in [0.15, 0.2) is 61.1 Å². The number of aromatic carboxylic acids is 1. The molecule has 1 amide bonds. The van der Waals surface area contributed by atoms with Gasteiger partial charge in [0.1, 0.15) is 5.82 Å². The molecule has 0 saturated heterocycles. The molecule has 7 heteroatoms. The summed E-state index contributed by atoms with van der Waals surface area (Å²) in [6.45, 7) is 2.22. The smallest absolute Gasteiger partial charge is 0.337 e. The molecular formula is C20H18N4O3. The summed E-state index contributed by atoms with van der Waals surface area (Å²) in [6, 6.07) is 11.9. The number of carboxylic acids is 1. The number of carboxylic acid groups (broad SMARTS) is 1. The number of carbonyl (C=O) groups excluding carboxylic acids is 1. The Labute approximate surface area is 156 Å². The molecule has 3 N–H and O–H groups in total. The van der Waals surface area contributed by atoms with Gasteiger partial charge in [-0.05, 0) is 48.4 Å². The van der Waals surface area contributed by atoms with Gasteiger partial charge in [0.2, 0.25) is 0 Å². The third-order valence-corrected chi connectivity index (χ3v) is 4.00. The van der Waals surface area contributed by atoms with Crippen molar-refractivity contribution in [2.75, 3.05) is 10.6 Å². The summed E-state index contributed by atoms with van der Waals surface area (Å²) in [6.07, 6.45) is 4.96. The first-order valence-electron chi connectivity index (χ1n) is 8.28. The van der Waals surface area contributed by atoms with Gasteiger partial charge in [-0.3, -0.25) is 9.78 Å². The van der Waals surface area contributed by atoms with E-state index in [-0.39, 0.29) is 11.3 Å². The zero-order chi connectivity index (χ0) is 19.2. The molecule has 3 aromatic rings. The molecule has 0 spiro atoms. The maximum atomic E-state index is 12.8. The lowest BCUT2D eigenvalue weighted by molar-refractivity contribution is 0.0698. The van der Waals surface area contributed by atoms with E-state index >= 15 is 0 Å². The van der Waals surface area contributed by atoms with E-state index in [1.54, 1.807) is 49.8 Å². The van der Waals surface area contributed by atoms with Crippen molar-refractivity contribution in [3.05, 3.63) is 83.3 Å². The highest BCUT2D eigenvalue weighted by molar-refractivity contribution is 6.10. The minimum absolute atomic E-state index is 0.0403. The molecular weight excluding hydrogens is 344 g/mol. The molecule has 3 rings (SSSR count). The van der Waals surface area contributed by atoms with Crippen molar-refractivity contribution in [2.24, 2.45) is 0 Å². The number of aryl methyl sites for hydroxylation is 1. The minimum Gasteiger partial charge on any atom is -0.478 e. The molecule has 0 aliphatic carbocycles. The van der Waals surface area contributed by atoms with E-state index in [4.69, 9.17) is 0 Å². The summed E-state index contributed by atoms with van der Waals surface area (Å²) in [7, 11) is 0. The number of anilines is 2. The van der Waals surface area contributed by atoms with Gasteiger partial charge in [0.25, 0.3) is 5.91 Å². The van der Waals surface area contributed by atoms with Gasteiger partial charge in [-0.1, -0.05) is 12.1 Å². The van der Waals surface area contributed by atoms with Crippen molar-refractivity contribution < 1.29 is 14.7 Å². The summed E-state index contributed by atoms with van der Waals surface area (Å²) in [5, 5.41) is 15.2. The van der Waals surface area contributed by atoms with Crippen molar-refractivity contribution in [1.82, 2.24) is 9.97 Å². The van der Waals surface area contributed by atoms with Crippen molar-refractivity contribution in [3.63, 3.8) is 0 Å². The lowest BCUT2D eigenvalue weighted by Crippen LogP contribution is -2.18. The standard InChI is InChI=1S/C20H18N4O3/c1-13-4-2-5-15(20(26)27)17(13)24-19(25)16-6-3-9-22-18(16)23-12-14-7-10-21-11-8-14/h2-11H,12H2,1H3,(H,22,23)(H,24,25)(H,26,27). The fourth-order valence-electron chi connectivity index (χ4n) is 2.61. The maximum Gasteiger partial charge on any atom is 0.337 e. The van der Waals surface area contributed by atoms with Crippen LogP contribution in [0, 0.1) is 6.92 Å². The first-order valence-corrected chi connectivity index (χ1v) is 8.28. The number of amides is 1. The summed E-state index contributed by atoms with van der Waals surface area (Å²) in [4.78, 5) is 32.4. The van der Waals surface area contributed by atoms with Gasteiger partial charge in [-0.15, -0.1) is 0 Å². The highest BCUT2D eigenvalue weighted by Crippen LogP contribution is 2.23.